The zero-order valence-electron chi connectivity index (χ0n) is 13.1. The van der Waals surface area contributed by atoms with E-state index < -0.39 is 16.1 Å². The van der Waals surface area contributed by atoms with Crippen molar-refractivity contribution in [1.82, 2.24) is 0 Å². The molecule has 0 aliphatic rings. The van der Waals surface area contributed by atoms with Gasteiger partial charge in [-0.2, -0.15) is 8.42 Å². The highest BCUT2D eigenvalue weighted by Gasteiger charge is 2.22. The lowest BCUT2D eigenvalue weighted by Crippen LogP contribution is -2.11. The Morgan fingerprint density at radius 2 is 1.68 bits per heavy atom. The number of hydrogen-bond donors (Lipinski definition) is 0. The van der Waals surface area contributed by atoms with Crippen LogP contribution in [0.25, 0.3) is 10.8 Å². The summed E-state index contributed by atoms with van der Waals surface area (Å²) in [6.45, 7) is 0. The van der Waals surface area contributed by atoms with Crippen molar-refractivity contribution in [2.75, 3.05) is 7.11 Å². The summed E-state index contributed by atoms with van der Waals surface area (Å²) in [6, 6.07) is 16.2. The number of carbonyl (C=O) groups excluding carboxylic acids is 1. The van der Waals surface area contributed by atoms with Gasteiger partial charge in [-0.15, -0.1) is 0 Å². The molecule has 0 unspecified atom stereocenters. The van der Waals surface area contributed by atoms with Gasteiger partial charge in [0.1, 0.15) is 10.6 Å². The van der Waals surface area contributed by atoms with Crippen molar-refractivity contribution in [3.05, 3.63) is 71.2 Å². The van der Waals surface area contributed by atoms with E-state index in [4.69, 9.17) is 15.8 Å². The number of ether oxygens (including phenoxy) is 1. The predicted octanol–water partition coefficient (Wildman–Crippen LogP) is 4.05. The van der Waals surface area contributed by atoms with Gasteiger partial charge < -0.3 is 8.92 Å². The molecule has 3 aromatic rings. The van der Waals surface area contributed by atoms with Gasteiger partial charge in [0, 0.05) is 0 Å². The van der Waals surface area contributed by atoms with Gasteiger partial charge in [0.25, 0.3) is 0 Å². The number of halogens is 1. The van der Waals surface area contributed by atoms with E-state index in [2.05, 4.69) is 4.74 Å². The Balaban J connectivity index is 1.94. The molecule has 0 N–H and O–H groups in total. The molecule has 5 nitrogen and oxygen atoms in total. The van der Waals surface area contributed by atoms with Gasteiger partial charge in [-0.05, 0) is 41.1 Å². The van der Waals surface area contributed by atoms with Crippen molar-refractivity contribution in [1.29, 1.82) is 0 Å². The van der Waals surface area contributed by atoms with E-state index in [1.807, 2.05) is 24.3 Å². The molecule has 0 saturated carbocycles. The summed E-state index contributed by atoms with van der Waals surface area (Å²) in [5, 5.41) is 1.69. The van der Waals surface area contributed by atoms with E-state index in [9.17, 15) is 13.2 Å². The molecular weight excluding hydrogens is 364 g/mol. The zero-order valence-corrected chi connectivity index (χ0v) is 14.7. The highest BCUT2D eigenvalue weighted by molar-refractivity contribution is 7.87. The van der Waals surface area contributed by atoms with Crippen LogP contribution in [0.1, 0.15) is 10.4 Å². The summed E-state index contributed by atoms with van der Waals surface area (Å²) < 4.78 is 34.7. The molecular formula is C18H13ClO5S. The van der Waals surface area contributed by atoms with Gasteiger partial charge in [-0.1, -0.05) is 41.9 Å². The minimum Gasteiger partial charge on any atom is -0.465 e. The maximum atomic E-state index is 12.5. The first kappa shape index (κ1) is 17.3. The quantitative estimate of drug-likeness (QED) is 0.507. The van der Waals surface area contributed by atoms with Crippen LogP contribution < -0.4 is 4.18 Å². The molecule has 0 aliphatic heterocycles. The smallest absolute Gasteiger partial charge is 0.340 e. The number of hydrogen-bond acceptors (Lipinski definition) is 5. The summed E-state index contributed by atoms with van der Waals surface area (Å²) in [5.41, 5.74) is 0.150. The van der Waals surface area contributed by atoms with E-state index >= 15 is 0 Å². The van der Waals surface area contributed by atoms with Crippen LogP contribution in [0.5, 0.6) is 5.75 Å². The second kappa shape index (κ2) is 6.74. The largest absolute Gasteiger partial charge is 0.465 e. The summed E-state index contributed by atoms with van der Waals surface area (Å²) in [5.74, 6) is -0.437. The van der Waals surface area contributed by atoms with Crippen LogP contribution >= 0.6 is 11.6 Å². The van der Waals surface area contributed by atoms with Crippen molar-refractivity contribution in [2.24, 2.45) is 0 Å². The fourth-order valence-corrected chi connectivity index (χ4v) is 3.78. The molecule has 0 saturated heterocycles. The molecule has 25 heavy (non-hydrogen) atoms. The molecule has 0 spiro atoms. The molecule has 7 heteroatoms. The van der Waals surface area contributed by atoms with E-state index in [1.165, 1.54) is 25.3 Å². The topological polar surface area (TPSA) is 69.7 Å². The molecule has 0 amide bonds. The van der Waals surface area contributed by atoms with Crippen LogP contribution in [-0.2, 0) is 14.9 Å². The number of methoxy groups -OCH3 is 1. The first-order valence-corrected chi connectivity index (χ1v) is 9.00. The predicted molar refractivity (Wildman–Crippen MR) is 94.6 cm³/mol. The molecule has 0 aliphatic carbocycles. The highest BCUT2D eigenvalue weighted by Crippen LogP contribution is 2.28. The van der Waals surface area contributed by atoms with Crippen molar-refractivity contribution < 1.29 is 22.1 Å². The molecule has 128 valence electrons. The molecule has 0 heterocycles. The Morgan fingerprint density at radius 1 is 0.960 bits per heavy atom. The maximum absolute atomic E-state index is 12.5. The lowest BCUT2D eigenvalue weighted by Gasteiger charge is -2.10. The number of benzene rings is 3. The van der Waals surface area contributed by atoms with Crippen LogP contribution in [-0.4, -0.2) is 21.5 Å². The van der Waals surface area contributed by atoms with Crippen LogP contribution in [0.3, 0.4) is 0 Å². The number of carbonyl (C=O) groups is 1. The number of esters is 1. The van der Waals surface area contributed by atoms with Gasteiger partial charge in [0.15, 0.2) is 0 Å². The standard InChI is InChI=1S/C18H13ClO5S/c1-23-18(20)14-7-9-17(16(19)11-14)25(21,22)24-15-8-6-12-4-2-3-5-13(12)10-15/h2-11H,1H3. The third kappa shape index (κ3) is 3.60. The molecule has 0 atom stereocenters. The van der Waals surface area contributed by atoms with Crippen LogP contribution in [0.4, 0.5) is 0 Å². The number of rotatable bonds is 4. The lowest BCUT2D eigenvalue weighted by molar-refractivity contribution is 0.0600. The Bertz CT molecular complexity index is 1060. The van der Waals surface area contributed by atoms with Crippen molar-refractivity contribution in [3.8, 4) is 5.75 Å². The lowest BCUT2D eigenvalue weighted by atomic mass is 10.1. The Kier molecular flexibility index (Phi) is 4.65. The van der Waals surface area contributed by atoms with Gasteiger partial charge in [-0.25, -0.2) is 4.79 Å². The monoisotopic (exact) mass is 376 g/mol. The van der Waals surface area contributed by atoms with Gasteiger partial charge in [0.05, 0.1) is 17.7 Å². The summed E-state index contributed by atoms with van der Waals surface area (Å²) in [6.07, 6.45) is 0. The van der Waals surface area contributed by atoms with Crippen LogP contribution in [0, 0.1) is 0 Å². The second-order valence-electron chi connectivity index (χ2n) is 5.18. The third-order valence-corrected chi connectivity index (χ3v) is 5.28. The van der Waals surface area contributed by atoms with Gasteiger partial charge >= 0.3 is 16.1 Å². The first-order valence-electron chi connectivity index (χ1n) is 7.22. The first-order chi connectivity index (χ1) is 11.9. The Labute approximate surface area is 149 Å². The molecule has 3 aromatic carbocycles. The molecule has 3 rings (SSSR count). The summed E-state index contributed by atoms with van der Waals surface area (Å²) >= 11 is 6.01. The summed E-state index contributed by atoms with van der Waals surface area (Å²) in [4.78, 5) is 11.3. The minimum atomic E-state index is -4.15. The highest BCUT2D eigenvalue weighted by atomic mass is 35.5. The fraction of sp³-hybridized carbons (Fsp3) is 0.0556. The van der Waals surface area contributed by atoms with E-state index in [0.29, 0.717) is 0 Å². The molecule has 0 bridgehead atoms. The van der Waals surface area contributed by atoms with E-state index in [0.717, 1.165) is 10.8 Å². The van der Waals surface area contributed by atoms with Crippen molar-refractivity contribution >= 4 is 38.5 Å². The Hall–Kier alpha value is -2.57. The molecule has 0 radical (unpaired) electrons. The average Bonchev–Trinajstić information content (AvgIpc) is 2.60. The van der Waals surface area contributed by atoms with Gasteiger partial charge in [-0.3, -0.25) is 0 Å². The SMILES string of the molecule is COC(=O)c1ccc(S(=O)(=O)Oc2ccc3ccccc3c2)c(Cl)c1. The van der Waals surface area contributed by atoms with Crippen LogP contribution in [0.2, 0.25) is 5.02 Å². The minimum absolute atomic E-state index is 0.122. The second-order valence-corrected chi connectivity index (χ2v) is 7.11. The summed E-state index contributed by atoms with van der Waals surface area (Å²) in [7, 11) is -2.92. The van der Waals surface area contributed by atoms with Gasteiger partial charge in [0.2, 0.25) is 0 Å². The van der Waals surface area contributed by atoms with E-state index in [-0.39, 0.29) is 21.2 Å². The zero-order chi connectivity index (χ0) is 18.0. The third-order valence-electron chi connectivity index (χ3n) is 3.55. The average molecular weight is 377 g/mol. The Morgan fingerprint density at radius 3 is 2.36 bits per heavy atom. The van der Waals surface area contributed by atoms with Crippen molar-refractivity contribution in [2.45, 2.75) is 4.90 Å². The van der Waals surface area contributed by atoms with E-state index in [1.54, 1.807) is 18.2 Å². The maximum Gasteiger partial charge on any atom is 0.340 e. The molecule has 0 aromatic heterocycles. The molecule has 0 fully saturated rings. The van der Waals surface area contributed by atoms with Crippen molar-refractivity contribution in [3.63, 3.8) is 0 Å². The normalized spacial score (nSPS) is 11.3. The fourth-order valence-electron chi connectivity index (χ4n) is 2.34. The van der Waals surface area contributed by atoms with Crippen LogP contribution in [0.15, 0.2) is 65.6 Å². The number of fused-ring (bicyclic) bond motifs is 1.